The molecule has 0 aliphatic heterocycles. The molecule has 2 aromatic rings. The standard InChI is InChI=1S/C10H9ClN2/c1-6-4-3-5-8-9(6)13-10(11)7(2)12-8/h3-5H,1-2H3. The Balaban J connectivity index is 2.89. The average molecular weight is 193 g/mol. The first-order valence-corrected chi connectivity index (χ1v) is 4.46. The predicted molar refractivity (Wildman–Crippen MR) is 54.0 cm³/mol. The summed E-state index contributed by atoms with van der Waals surface area (Å²) in [7, 11) is 0. The van der Waals surface area contributed by atoms with Gasteiger partial charge in [0, 0.05) is 0 Å². The van der Waals surface area contributed by atoms with Gasteiger partial charge in [-0.05, 0) is 25.5 Å². The zero-order valence-electron chi connectivity index (χ0n) is 7.50. The van der Waals surface area contributed by atoms with E-state index in [0.717, 1.165) is 22.3 Å². The number of aromatic nitrogens is 2. The fraction of sp³-hybridized carbons (Fsp3) is 0.200. The Labute approximate surface area is 81.6 Å². The third-order valence-corrected chi connectivity index (χ3v) is 2.37. The molecule has 1 aromatic heterocycles. The smallest absolute Gasteiger partial charge is 0.150 e. The summed E-state index contributed by atoms with van der Waals surface area (Å²) in [5, 5.41) is 0.488. The monoisotopic (exact) mass is 192 g/mol. The third-order valence-electron chi connectivity index (χ3n) is 2.01. The molecule has 0 radical (unpaired) electrons. The summed E-state index contributed by atoms with van der Waals surface area (Å²) >= 11 is 5.89. The lowest BCUT2D eigenvalue weighted by Crippen LogP contribution is -1.91. The predicted octanol–water partition coefficient (Wildman–Crippen LogP) is 2.90. The van der Waals surface area contributed by atoms with Crippen LogP contribution in [-0.4, -0.2) is 9.97 Å². The zero-order valence-corrected chi connectivity index (χ0v) is 8.26. The molecule has 13 heavy (non-hydrogen) atoms. The van der Waals surface area contributed by atoms with Gasteiger partial charge in [0.2, 0.25) is 0 Å². The van der Waals surface area contributed by atoms with Crippen molar-refractivity contribution >= 4 is 22.6 Å². The van der Waals surface area contributed by atoms with Gasteiger partial charge in [0.15, 0.2) is 5.15 Å². The van der Waals surface area contributed by atoms with Gasteiger partial charge < -0.3 is 0 Å². The highest BCUT2D eigenvalue weighted by Crippen LogP contribution is 2.18. The van der Waals surface area contributed by atoms with Gasteiger partial charge in [-0.2, -0.15) is 0 Å². The Morgan fingerprint density at radius 1 is 1.15 bits per heavy atom. The number of benzene rings is 1. The lowest BCUT2D eigenvalue weighted by Gasteiger charge is -2.02. The number of para-hydroxylation sites is 1. The van der Waals surface area contributed by atoms with Crippen LogP contribution in [0.2, 0.25) is 5.15 Å². The molecular formula is C10H9ClN2. The van der Waals surface area contributed by atoms with Crippen LogP contribution in [0.15, 0.2) is 18.2 Å². The van der Waals surface area contributed by atoms with E-state index in [4.69, 9.17) is 11.6 Å². The summed E-state index contributed by atoms with van der Waals surface area (Å²) < 4.78 is 0. The molecule has 1 heterocycles. The largest absolute Gasteiger partial charge is 0.248 e. The van der Waals surface area contributed by atoms with E-state index in [9.17, 15) is 0 Å². The first kappa shape index (κ1) is 8.45. The van der Waals surface area contributed by atoms with Crippen LogP contribution in [0.25, 0.3) is 11.0 Å². The highest BCUT2D eigenvalue weighted by Gasteiger charge is 2.03. The molecule has 0 spiro atoms. The SMILES string of the molecule is Cc1nc2cccc(C)c2nc1Cl. The number of aryl methyl sites for hydroxylation is 2. The van der Waals surface area contributed by atoms with Gasteiger partial charge in [0.05, 0.1) is 16.7 Å². The van der Waals surface area contributed by atoms with Crippen LogP contribution >= 0.6 is 11.6 Å². The fourth-order valence-electron chi connectivity index (χ4n) is 1.29. The van der Waals surface area contributed by atoms with Crippen molar-refractivity contribution in [3.8, 4) is 0 Å². The molecule has 0 aliphatic carbocycles. The molecule has 0 aliphatic rings. The van der Waals surface area contributed by atoms with Crippen molar-refractivity contribution in [3.05, 3.63) is 34.6 Å². The zero-order chi connectivity index (χ0) is 9.42. The van der Waals surface area contributed by atoms with E-state index in [-0.39, 0.29) is 0 Å². The van der Waals surface area contributed by atoms with Crippen LogP contribution in [0, 0.1) is 13.8 Å². The van der Waals surface area contributed by atoms with Gasteiger partial charge in [-0.25, -0.2) is 9.97 Å². The maximum Gasteiger partial charge on any atom is 0.150 e. The molecule has 0 saturated carbocycles. The molecule has 2 nitrogen and oxygen atoms in total. The van der Waals surface area contributed by atoms with Crippen LogP contribution < -0.4 is 0 Å². The van der Waals surface area contributed by atoms with Gasteiger partial charge in [-0.15, -0.1) is 0 Å². The van der Waals surface area contributed by atoms with Gasteiger partial charge in [-0.3, -0.25) is 0 Å². The van der Waals surface area contributed by atoms with Crippen LogP contribution in [-0.2, 0) is 0 Å². The second-order valence-corrected chi connectivity index (χ2v) is 3.40. The van der Waals surface area contributed by atoms with Crippen LogP contribution in [0.1, 0.15) is 11.3 Å². The Morgan fingerprint density at radius 3 is 2.69 bits per heavy atom. The summed E-state index contributed by atoms with van der Waals surface area (Å²) in [5.41, 5.74) is 3.67. The van der Waals surface area contributed by atoms with Crippen molar-refractivity contribution in [2.75, 3.05) is 0 Å². The summed E-state index contributed by atoms with van der Waals surface area (Å²) in [5.74, 6) is 0. The molecule has 1 aromatic carbocycles. The van der Waals surface area contributed by atoms with E-state index in [1.165, 1.54) is 0 Å². The number of halogens is 1. The molecule has 0 atom stereocenters. The van der Waals surface area contributed by atoms with Gasteiger partial charge in [-0.1, -0.05) is 23.7 Å². The highest BCUT2D eigenvalue weighted by atomic mass is 35.5. The minimum Gasteiger partial charge on any atom is -0.248 e. The Kier molecular flexibility index (Phi) is 1.93. The van der Waals surface area contributed by atoms with Crippen molar-refractivity contribution in [3.63, 3.8) is 0 Å². The molecule has 0 saturated heterocycles. The fourth-order valence-corrected chi connectivity index (χ4v) is 1.41. The third kappa shape index (κ3) is 1.38. The average Bonchev–Trinajstić information content (AvgIpc) is 2.09. The molecule has 0 N–H and O–H groups in total. The van der Waals surface area contributed by atoms with Gasteiger partial charge in [0.1, 0.15) is 0 Å². The molecule has 66 valence electrons. The summed E-state index contributed by atoms with van der Waals surface area (Å²) in [6.45, 7) is 3.86. The minimum atomic E-state index is 0.488. The number of fused-ring (bicyclic) bond motifs is 1. The second-order valence-electron chi connectivity index (χ2n) is 3.04. The van der Waals surface area contributed by atoms with E-state index in [1.807, 2.05) is 32.0 Å². The first-order valence-electron chi connectivity index (χ1n) is 4.08. The van der Waals surface area contributed by atoms with Crippen molar-refractivity contribution in [2.24, 2.45) is 0 Å². The molecular weight excluding hydrogens is 184 g/mol. The Bertz CT molecular complexity index is 466. The normalized spacial score (nSPS) is 10.7. The molecule has 2 rings (SSSR count). The van der Waals surface area contributed by atoms with E-state index in [0.29, 0.717) is 5.15 Å². The van der Waals surface area contributed by atoms with Crippen LogP contribution in [0.3, 0.4) is 0 Å². The molecule has 0 amide bonds. The Hall–Kier alpha value is -1.15. The number of hydrogen-bond acceptors (Lipinski definition) is 2. The van der Waals surface area contributed by atoms with Crippen molar-refractivity contribution in [1.29, 1.82) is 0 Å². The lowest BCUT2D eigenvalue weighted by molar-refractivity contribution is 1.18. The molecule has 0 unspecified atom stereocenters. The first-order chi connectivity index (χ1) is 6.18. The van der Waals surface area contributed by atoms with E-state index >= 15 is 0 Å². The van der Waals surface area contributed by atoms with E-state index in [2.05, 4.69) is 9.97 Å². The van der Waals surface area contributed by atoms with E-state index < -0.39 is 0 Å². The highest BCUT2D eigenvalue weighted by molar-refractivity contribution is 6.30. The van der Waals surface area contributed by atoms with Gasteiger partial charge >= 0.3 is 0 Å². The Morgan fingerprint density at radius 2 is 1.92 bits per heavy atom. The van der Waals surface area contributed by atoms with Crippen molar-refractivity contribution in [1.82, 2.24) is 9.97 Å². The van der Waals surface area contributed by atoms with Crippen molar-refractivity contribution in [2.45, 2.75) is 13.8 Å². The number of nitrogens with zero attached hydrogens (tertiary/aromatic N) is 2. The van der Waals surface area contributed by atoms with Crippen LogP contribution in [0.4, 0.5) is 0 Å². The van der Waals surface area contributed by atoms with Crippen LogP contribution in [0.5, 0.6) is 0 Å². The van der Waals surface area contributed by atoms with E-state index in [1.54, 1.807) is 0 Å². The van der Waals surface area contributed by atoms with Crippen molar-refractivity contribution < 1.29 is 0 Å². The topological polar surface area (TPSA) is 25.8 Å². The summed E-state index contributed by atoms with van der Waals surface area (Å²) in [6.07, 6.45) is 0. The summed E-state index contributed by atoms with van der Waals surface area (Å²) in [6, 6.07) is 5.92. The quantitative estimate of drug-likeness (QED) is 0.642. The molecule has 3 heteroatoms. The molecule has 0 fully saturated rings. The number of hydrogen-bond donors (Lipinski definition) is 0. The maximum atomic E-state index is 5.89. The van der Waals surface area contributed by atoms with Gasteiger partial charge in [0.25, 0.3) is 0 Å². The summed E-state index contributed by atoms with van der Waals surface area (Å²) in [4.78, 5) is 8.62. The minimum absolute atomic E-state index is 0.488. The second kappa shape index (κ2) is 2.96. The number of rotatable bonds is 0. The molecule has 0 bridgehead atoms. The lowest BCUT2D eigenvalue weighted by atomic mass is 10.2. The maximum absolute atomic E-state index is 5.89.